The van der Waals surface area contributed by atoms with Gasteiger partial charge < -0.3 is 5.43 Å². The van der Waals surface area contributed by atoms with E-state index in [4.69, 9.17) is 11.6 Å². The Hall–Kier alpha value is -2.66. The van der Waals surface area contributed by atoms with Crippen molar-refractivity contribution in [2.24, 2.45) is 0 Å². The zero-order chi connectivity index (χ0) is 16.8. The number of nitrogens with zero attached hydrogens (tertiary/aromatic N) is 2. The number of Topliss-reactive ketones (excluding diaryl/α,β-unsaturated/α-hetero) is 1. The van der Waals surface area contributed by atoms with Crippen molar-refractivity contribution in [2.45, 2.75) is 19.3 Å². The lowest BCUT2D eigenvalue weighted by atomic mass is 9.88. The summed E-state index contributed by atoms with van der Waals surface area (Å²) in [4.78, 5) is 12.6. The maximum Gasteiger partial charge on any atom is 0.186 e. The summed E-state index contributed by atoms with van der Waals surface area (Å²) in [6.07, 6.45) is 6.18. The largest absolute Gasteiger partial charge is 0.306 e. The minimum absolute atomic E-state index is 0.0848. The molecule has 1 heterocycles. The standard InChI is InChI=1S/C18H17ClN4O/c19-16-9-10-17(23-21-16)22-20-12-15-8-4-7-14(18(15)24)11-13-5-2-1-3-6-13/h1-3,5-6,9-12,20H,4,7-8H2,(H,22,23)/b14-11-,15-12+. The maximum atomic E-state index is 12.6. The highest BCUT2D eigenvalue weighted by atomic mass is 35.5. The minimum Gasteiger partial charge on any atom is -0.306 e. The summed E-state index contributed by atoms with van der Waals surface area (Å²) in [5.41, 5.74) is 8.41. The third-order valence-electron chi connectivity index (χ3n) is 3.69. The van der Waals surface area contributed by atoms with Gasteiger partial charge in [0.2, 0.25) is 0 Å². The molecule has 0 spiro atoms. The van der Waals surface area contributed by atoms with Crippen LogP contribution in [0.15, 0.2) is 59.8 Å². The molecule has 6 heteroatoms. The molecule has 0 saturated heterocycles. The zero-order valence-electron chi connectivity index (χ0n) is 13.0. The second-order valence-corrected chi connectivity index (χ2v) is 5.83. The van der Waals surface area contributed by atoms with Gasteiger partial charge in [0.15, 0.2) is 16.8 Å². The number of hydrazine groups is 1. The van der Waals surface area contributed by atoms with Gasteiger partial charge in [0, 0.05) is 17.3 Å². The average Bonchev–Trinajstić information content (AvgIpc) is 2.61. The summed E-state index contributed by atoms with van der Waals surface area (Å²) in [7, 11) is 0. The molecular formula is C18H17ClN4O. The van der Waals surface area contributed by atoms with Gasteiger partial charge in [-0.05, 0) is 43.0 Å². The smallest absolute Gasteiger partial charge is 0.186 e. The first kappa shape index (κ1) is 16.2. The second kappa shape index (κ2) is 7.75. The van der Waals surface area contributed by atoms with Gasteiger partial charge in [-0.25, -0.2) is 0 Å². The summed E-state index contributed by atoms with van der Waals surface area (Å²) < 4.78 is 0. The van der Waals surface area contributed by atoms with Gasteiger partial charge in [0.05, 0.1) is 0 Å². The number of nitrogens with one attached hydrogen (secondary N) is 2. The molecule has 1 aliphatic rings. The van der Waals surface area contributed by atoms with E-state index in [2.05, 4.69) is 21.0 Å². The molecule has 1 aliphatic carbocycles. The van der Waals surface area contributed by atoms with E-state index in [0.717, 1.165) is 36.0 Å². The van der Waals surface area contributed by atoms with Crippen molar-refractivity contribution >= 4 is 29.3 Å². The predicted molar refractivity (Wildman–Crippen MR) is 95.2 cm³/mol. The van der Waals surface area contributed by atoms with Crippen molar-refractivity contribution in [3.8, 4) is 0 Å². The Labute approximate surface area is 145 Å². The SMILES string of the molecule is O=C1/C(=C\c2ccccc2)CCC/C1=C\NNc1ccc(Cl)nn1. The van der Waals surface area contributed by atoms with Crippen LogP contribution in [0.1, 0.15) is 24.8 Å². The molecule has 1 aromatic carbocycles. The minimum atomic E-state index is 0.0848. The van der Waals surface area contributed by atoms with Crippen LogP contribution in [0.4, 0.5) is 5.82 Å². The van der Waals surface area contributed by atoms with Crippen molar-refractivity contribution in [3.63, 3.8) is 0 Å². The molecule has 0 amide bonds. The molecule has 2 aromatic rings. The molecule has 1 fully saturated rings. The number of carbonyl (C=O) groups excluding carboxylic acids is 1. The number of benzene rings is 1. The van der Waals surface area contributed by atoms with Gasteiger partial charge in [-0.15, -0.1) is 10.2 Å². The van der Waals surface area contributed by atoms with Gasteiger partial charge in [0.25, 0.3) is 0 Å². The lowest BCUT2D eigenvalue weighted by Crippen LogP contribution is -2.20. The van der Waals surface area contributed by atoms with E-state index in [9.17, 15) is 4.79 Å². The molecular weight excluding hydrogens is 324 g/mol. The molecule has 122 valence electrons. The van der Waals surface area contributed by atoms with Gasteiger partial charge in [0.1, 0.15) is 0 Å². The summed E-state index contributed by atoms with van der Waals surface area (Å²) in [5.74, 6) is 0.612. The van der Waals surface area contributed by atoms with E-state index >= 15 is 0 Å². The number of rotatable bonds is 4. The van der Waals surface area contributed by atoms with Crippen LogP contribution in [0, 0.1) is 0 Å². The molecule has 2 N–H and O–H groups in total. The molecule has 5 nitrogen and oxygen atoms in total. The first-order chi connectivity index (χ1) is 11.7. The number of aromatic nitrogens is 2. The van der Waals surface area contributed by atoms with Gasteiger partial charge in [-0.1, -0.05) is 41.9 Å². The first-order valence-electron chi connectivity index (χ1n) is 7.72. The Morgan fingerprint density at radius 3 is 2.54 bits per heavy atom. The van der Waals surface area contributed by atoms with Crippen LogP contribution in [-0.2, 0) is 4.79 Å². The highest BCUT2D eigenvalue weighted by molar-refractivity contribution is 6.29. The number of anilines is 1. The van der Waals surface area contributed by atoms with Crippen molar-refractivity contribution in [1.82, 2.24) is 15.6 Å². The Balaban J connectivity index is 1.66. The number of hydrogen-bond acceptors (Lipinski definition) is 5. The third kappa shape index (κ3) is 4.20. The average molecular weight is 341 g/mol. The quantitative estimate of drug-likeness (QED) is 0.655. The van der Waals surface area contributed by atoms with E-state index in [1.807, 2.05) is 36.4 Å². The molecule has 0 bridgehead atoms. The molecule has 0 unspecified atom stereocenters. The topological polar surface area (TPSA) is 66.9 Å². The van der Waals surface area contributed by atoms with Crippen LogP contribution in [0.2, 0.25) is 5.15 Å². The fourth-order valence-corrected chi connectivity index (χ4v) is 2.61. The zero-order valence-corrected chi connectivity index (χ0v) is 13.8. The van der Waals surface area contributed by atoms with Crippen molar-refractivity contribution in [1.29, 1.82) is 0 Å². The molecule has 1 aromatic heterocycles. The number of carbonyl (C=O) groups is 1. The Morgan fingerprint density at radius 2 is 1.79 bits per heavy atom. The predicted octanol–water partition coefficient (Wildman–Crippen LogP) is 3.77. The lowest BCUT2D eigenvalue weighted by Gasteiger charge is -2.17. The molecule has 0 atom stereocenters. The van der Waals surface area contributed by atoms with E-state index < -0.39 is 0 Å². The van der Waals surface area contributed by atoms with Crippen LogP contribution in [0.3, 0.4) is 0 Å². The fraction of sp³-hybridized carbons (Fsp3) is 0.167. The summed E-state index contributed by atoms with van der Waals surface area (Å²) >= 11 is 5.68. The number of allylic oxidation sites excluding steroid dienone is 2. The van der Waals surface area contributed by atoms with Crippen LogP contribution >= 0.6 is 11.6 Å². The lowest BCUT2D eigenvalue weighted by molar-refractivity contribution is -0.112. The van der Waals surface area contributed by atoms with Gasteiger partial charge in [-0.2, -0.15) is 0 Å². The van der Waals surface area contributed by atoms with Crippen LogP contribution in [0.5, 0.6) is 0 Å². The summed E-state index contributed by atoms with van der Waals surface area (Å²) in [6, 6.07) is 13.2. The van der Waals surface area contributed by atoms with E-state index in [1.54, 1.807) is 18.3 Å². The molecule has 24 heavy (non-hydrogen) atoms. The van der Waals surface area contributed by atoms with Gasteiger partial charge in [-0.3, -0.25) is 10.2 Å². The fourth-order valence-electron chi connectivity index (χ4n) is 2.51. The molecule has 3 rings (SSSR count). The van der Waals surface area contributed by atoms with E-state index in [-0.39, 0.29) is 5.78 Å². The van der Waals surface area contributed by atoms with Crippen molar-refractivity contribution in [2.75, 3.05) is 5.43 Å². The normalized spacial score (nSPS) is 18.0. The Kier molecular flexibility index (Phi) is 5.23. The summed E-state index contributed by atoms with van der Waals surface area (Å²) in [5, 5.41) is 7.93. The number of hydrogen-bond donors (Lipinski definition) is 2. The molecule has 1 saturated carbocycles. The first-order valence-corrected chi connectivity index (χ1v) is 8.10. The Bertz CT molecular complexity index is 769. The summed E-state index contributed by atoms with van der Waals surface area (Å²) in [6.45, 7) is 0. The van der Waals surface area contributed by atoms with Crippen LogP contribution in [0.25, 0.3) is 6.08 Å². The van der Waals surface area contributed by atoms with Crippen molar-refractivity contribution in [3.05, 3.63) is 70.5 Å². The monoisotopic (exact) mass is 340 g/mol. The van der Waals surface area contributed by atoms with E-state index in [1.165, 1.54) is 0 Å². The highest BCUT2D eigenvalue weighted by Gasteiger charge is 2.20. The van der Waals surface area contributed by atoms with Crippen LogP contribution in [-0.4, -0.2) is 16.0 Å². The van der Waals surface area contributed by atoms with E-state index in [0.29, 0.717) is 11.0 Å². The second-order valence-electron chi connectivity index (χ2n) is 5.44. The maximum absolute atomic E-state index is 12.6. The Morgan fingerprint density at radius 1 is 1.00 bits per heavy atom. The molecule has 0 radical (unpaired) electrons. The van der Waals surface area contributed by atoms with Gasteiger partial charge >= 0.3 is 0 Å². The highest BCUT2D eigenvalue weighted by Crippen LogP contribution is 2.26. The van der Waals surface area contributed by atoms with Crippen molar-refractivity contribution < 1.29 is 4.79 Å². The number of ketones is 1. The molecule has 0 aliphatic heterocycles. The number of halogens is 1. The third-order valence-corrected chi connectivity index (χ3v) is 3.90. The van der Waals surface area contributed by atoms with Crippen LogP contribution < -0.4 is 10.9 Å².